The number of ether oxygens (including phenoxy) is 1. The third kappa shape index (κ3) is 6.08. The lowest BCUT2D eigenvalue weighted by Crippen LogP contribution is -2.37. The summed E-state index contributed by atoms with van der Waals surface area (Å²) in [5.74, 6) is -0.786. The van der Waals surface area contributed by atoms with Crippen LogP contribution in [0.1, 0.15) is 33.2 Å². The molecule has 0 bridgehead atoms. The van der Waals surface area contributed by atoms with Gasteiger partial charge in [0.15, 0.2) is 11.5 Å². The van der Waals surface area contributed by atoms with E-state index < -0.39 is 43.9 Å². The van der Waals surface area contributed by atoms with Gasteiger partial charge in [-0.2, -0.15) is 5.09 Å². The number of anilines is 1. The first-order valence-electron chi connectivity index (χ1n) is 11.8. The summed E-state index contributed by atoms with van der Waals surface area (Å²) in [6.45, 7) is 4.65. The van der Waals surface area contributed by atoms with Crippen LogP contribution < -0.4 is 15.3 Å². The average molecular weight is 535 g/mol. The molecule has 13 nitrogen and oxygen atoms in total. The van der Waals surface area contributed by atoms with Crippen LogP contribution in [0.25, 0.3) is 11.2 Å². The molecule has 0 radical (unpaired) electrons. The van der Waals surface area contributed by atoms with Crippen molar-refractivity contribution in [3.63, 3.8) is 0 Å². The van der Waals surface area contributed by atoms with Gasteiger partial charge >= 0.3 is 13.7 Å². The highest BCUT2D eigenvalue weighted by Crippen LogP contribution is 2.47. The predicted octanol–water partition coefficient (Wildman–Crippen LogP) is 1.82. The highest BCUT2D eigenvalue weighted by Gasteiger charge is 2.44. The Morgan fingerprint density at radius 2 is 1.92 bits per heavy atom. The van der Waals surface area contributed by atoms with Gasteiger partial charge < -0.3 is 29.8 Å². The van der Waals surface area contributed by atoms with Crippen LogP contribution in [0.2, 0.25) is 0 Å². The number of para-hydroxylation sites is 1. The first-order chi connectivity index (χ1) is 17.6. The second-order valence-corrected chi connectivity index (χ2v) is 10.9. The lowest BCUT2D eigenvalue weighted by Gasteiger charge is -2.25. The molecule has 2 aromatic heterocycles. The molecule has 3 aromatic rings. The summed E-state index contributed by atoms with van der Waals surface area (Å²) in [7, 11) is -4.12. The first kappa shape index (κ1) is 27.0. The van der Waals surface area contributed by atoms with Crippen LogP contribution in [0.3, 0.4) is 0 Å². The lowest BCUT2D eigenvalue weighted by atomic mass is 10.1. The van der Waals surface area contributed by atoms with E-state index in [0.29, 0.717) is 11.2 Å². The molecular formula is C23H31N6O7P. The van der Waals surface area contributed by atoms with Crippen LogP contribution >= 0.6 is 7.75 Å². The number of hydrogen-bond donors (Lipinski definition) is 4. The van der Waals surface area contributed by atoms with Gasteiger partial charge in [-0.05, 0) is 39.3 Å². The van der Waals surface area contributed by atoms with Gasteiger partial charge in [-0.1, -0.05) is 18.2 Å². The number of fused-ring (bicyclic) bond motifs is 1. The molecule has 1 fully saturated rings. The van der Waals surface area contributed by atoms with Crippen LogP contribution in [0.15, 0.2) is 43.0 Å². The van der Waals surface area contributed by atoms with E-state index in [4.69, 9.17) is 19.5 Å². The van der Waals surface area contributed by atoms with Crippen molar-refractivity contribution in [2.45, 2.75) is 57.6 Å². The SMILES string of the molecule is CC(C)OC(=O)[C@H](C)NP(=O)(OC[C@H]1C[C@@H](n2cnc3c(N)ncnc32)[C@@H](O)C1O)Oc1ccccc1. The summed E-state index contributed by atoms with van der Waals surface area (Å²) < 4.78 is 31.9. The maximum absolute atomic E-state index is 13.7. The minimum absolute atomic E-state index is 0.201. The molecule has 1 aliphatic carbocycles. The zero-order chi connectivity index (χ0) is 26.7. The number of aliphatic hydroxyl groups excluding tert-OH is 2. The molecular weight excluding hydrogens is 503 g/mol. The maximum Gasteiger partial charge on any atom is 0.459 e. The van der Waals surface area contributed by atoms with E-state index in [2.05, 4.69) is 20.0 Å². The standard InChI is InChI=1S/C23H31N6O7P/c1-13(2)35-23(32)14(3)28-37(33,36-16-7-5-4-6-8-16)34-10-15-9-17(20(31)19(15)30)29-12-27-18-21(24)25-11-26-22(18)29/h4-8,11-15,17,19-20,30-31H,9-10H2,1-3H3,(H,28,33)(H2,24,25,26)/t14-,15+,17+,19?,20+,37?/m0/s1. The average Bonchev–Trinajstić information content (AvgIpc) is 3.40. The molecule has 14 heteroatoms. The van der Waals surface area contributed by atoms with Crippen molar-refractivity contribution in [2.75, 3.05) is 12.3 Å². The molecule has 37 heavy (non-hydrogen) atoms. The Balaban J connectivity index is 1.50. The predicted molar refractivity (Wildman–Crippen MR) is 133 cm³/mol. The Morgan fingerprint density at radius 1 is 1.19 bits per heavy atom. The largest absolute Gasteiger partial charge is 0.462 e. The number of hydrogen-bond acceptors (Lipinski definition) is 11. The second-order valence-electron chi connectivity index (χ2n) is 9.16. The number of benzene rings is 1. The van der Waals surface area contributed by atoms with Gasteiger partial charge in [0.25, 0.3) is 0 Å². The van der Waals surface area contributed by atoms with Crippen molar-refractivity contribution < 1.29 is 33.4 Å². The van der Waals surface area contributed by atoms with Crippen LogP contribution in [0, 0.1) is 5.92 Å². The van der Waals surface area contributed by atoms with Crippen LogP contribution in [0.5, 0.6) is 5.75 Å². The topological polar surface area (TPSA) is 184 Å². The van der Waals surface area contributed by atoms with Gasteiger partial charge in [-0.3, -0.25) is 9.32 Å². The van der Waals surface area contributed by atoms with Crippen LogP contribution in [0.4, 0.5) is 5.82 Å². The van der Waals surface area contributed by atoms with Gasteiger partial charge in [0.1, 0.15) is 29.7 Å². The number of esters is 1. The quantitative estimate of drug-likeness (QED) is 0.219. The third-order valence-corrected chi connectivity index (χ3v) is 7.64. The number of carbonyl (C=O) groups excluding carboxylic acids is 1. The van der Waals surface area contributed by atoms with Gasteiger partial charge in [-0.15, -0.1) is 0 Å². The monoisotopic (exact) mass is 534 g/mol. The summed E-state index contributed by atoms with van der Waals surface area (Å²) in [5.41, 5.74) is 6.66. The Hall–Kier alpha value is -3.09. The Bertz CT molecular complexity index is 1270. The van der Waals surface area contributed by atoms with Crippen molar-refractivity contribution in [1.82, 2.24) is 24.6 Å². The highest BCUT2D eigenvalue weighted by atomic mass is 31.2. The van der Waals surface area contributed by atoms with Gasteiger partial charge in [0.05, 0.1) is 31.2 Å². The van der Waals surface area contributed by atoms with Gasteiger partial charge in [-0.25, -0.2) is 19.5 Å². The molecule has 0 aliphatic heterocycles. The number of aromatic nitrogens is 4. The number of imidazole rings is 1. The molecule has 1 saturated carbocycles. The molecule has 0 amide bonds. The van der Waals surface area contributed by atoms with Crippen molar-refractivity contribution >= 4 is 30.7 Å². The van der Waals surface area contributed by atoms with E-state index in [9.17, 15) is 19.6 Å². The normalized spacial score (nSPS) is 24.2. The Morgan fingerprint density at radius 3 is 2.62 bits per heavy atom. The van der Waals surface area contributed by atoms with Crippen molar-refractivity contribution in [2.24, 2.45) is 5.92 Å². The number of carbonyl (C=O) groups is 1. The van der Waals surface area contributed by atoms with Gasteiger partial charge in [0.2, 0.25) is 0 Å². The highest BCUT2D eigenvalue weighted by molar-refractivity contribution is 7.52. The second kappa shape index (κ2) is 11.1. The van der Waals surface area contributed by atoms with Crippen LogP contribution in [-0.2, 0) is 18.6 Å². The molecule has 1 aromatic carbocycles. The van der Waals surface area contributed by atoms with E-state index in [-0.39, 0.29) is 30.7 Å². The molecule has 0 spiro atoms. The minimum atomic E-state index is -4.12. The molecule has 1 aliphatic rings. The zero-order valence-corrected chi connectivity index (χ0v) is 21.6. The summed E-state index contributed by atoms with van der Waals surface area (Å²) in [5, 5.41) is 24.2. The van der Waals surface area contributed by atoms with E-state index in [1.165, 1.54) is 19.6 Å². The molecule has 6 atom stereocenters. The zero-order valence-electron chi connectivity index (χ0n) is 20.7. The summed E-state index contributed by atoms with van der Waals surface area (Å²) in [4.78, 5) is 24.7. The van der Waals surface area contributed by atoms with Crippen LogP contribution in [-0.4, -0.2) is 66.7 Å². The summed E-state index contributed by atoms with van der Waals surface area (Å²) in [6.07, 6.45) is 0.293. The summed E-state index contributed by atoms with van der Waals surface area (Å²) in [6, 6.07) is 6.75. The van der Waals surface area contributed by atoms with E-state index in [1.807, 2.05) is 0 Å². The number of nitrogens with one attached hydrogen (secondary N) is 1. The molecule has 200 valence electrons. The van der Waals surface area contributed by atoms with E-state index in [0.717, 1.165) is 0 Å². The fourth-order valence-electron chi connectivity index (χ4n) is 4.18. The van der Waals surface area contributed by atoms with Crippen molar-refractivity contribution in [3.05, 3.63) is 43.0 Å². The molecule has 0 saturated heterocycles. The number of rotatable bonds is 10. The fraction of sp³-hybridized carbons (Fsp3) is 0.478. The molecule has 4 rings (SSSR count). The number of nitrogens with two attached hydrogens (primary N) is 1. The lowest BCUT2D eigenvalue weighted by molar-refractivity contribution is -0.149. The Kier molecular flexibility index (Phi) is 8.10. The fourth-order valence-corrected chi connectivity index (χ4v) is 5.73. The number of nitrogens with zero attached hydrogens (tertiary/aromatic N) is 4. The van der Waals surface area contributed by atoms with Gasteiger partial charge in [0, 0.05) is 5.92 Å². The maximum atomic E-state index is 13.7. The smallest absolute Gasteiger partial charge is 0.459 e. The number of nitrogen functional groups attached to an aromatic ring is 1. The molecule has 2 heterocycles. The minimum Gasteiger partial charge on any atom is -0.462 e. The molecule has 2 unspecified atom stereocenters. The summed E-state index contributed by atoms with van der Waals surface area (Å²) >= 11 is 0. The van der Waals surface area contributed by atoms with E-state index in [1.54, 1.807) is 48.7 Å². The van der Waals surface area contributed by atoms with Crippen molar-refractivity contribution in [1.29, 1.82) is 0 Å². The van der Waals surface area contributed by atoms with E-state index >= 15 is 0 Å². The Labute approximate surface area is 213 Å². The first-order valence-corrected chi connectivity index (χ1v) is 13.4. The third-order valence-electron chi connectivity index (χ3n) is 6.00. The molecule has 5 N–H and O–H groups in total. The van der Waals surface area contributed by atoms with Crippen molar-refractivity contribution in [3.8, 4) is 5.75 Å². The number of aliphatic hydroxyl groups is 2.